The summed E-state index contributed by atoms with van der Waals surface area (Å²) in [4.78, 5) is 5.49. The molecule has 1 heterocycles. The molecule has 1 aliphatic heterocycles. The van der Waals surface area contributed by atoms with Gasteiger partial charge in [0.25, 0.3) is 0 Å². The quantitative estimate of drug-likeness (QED) is 0.0569. The summed E-state index contributed by atoms with van der Waals surface area (Å²) in [7, 11) is 0. The Morgan fingerprint density at radius 3 is 0.636 bits per heavy atom. The van der Waals surface area contributed by atoms with Gasteiger partial charge in [-0.2, -0.15) is 0 Å². The number of nitrogens with zero attached hydrogens (tertiary/aromatic N) is 2. The molecule has 0 spiro atoms. The molecule has 0 aromatic rings. The molecule has 0 aromatic heterocycles. The minimum absolute atomic E-state index is 0.635. The normalized spacial score (nSPS) is 13.3. The van der Waals surface area contributed by atoms with Crippen molar-refractivity contribution < 1.29 is 0 Å². The molecule has 0 aromatic carbocycles. The van der Waals surface area contributed by atoms with Crippen molar-refractivity contribution in [1.82, 2.24) is 9.80 Å². The average Bonchev–Trinajstić information content (AvgIpc) is 3.58. The van der Waals surface area contributed by atoms with Gasteiger partial charge in [-0.05, 0) is 25.7 Å². The monoisotopic (exact) mass is 771 g/mol. The van der Waals surface area contributed by atoms with E-state index in [1.54, 1.807) is 0 Å². The van der Waals surface area contributed by atoms with Crippen LogP contribution >= 0.6 is 0 Å². The fraction of sp³-hybridized carbons (Fsp3) is 0.962. The van der Waals surface area contributed by atoms with Crippen LogP contribution in [-0.2, 0) is 0 Å². The minimum Gasteiger partial charge on any atom is -0.356 e. The Hall–Kier alpha value is -0.660. The smallest absolute Gasteiger partial charge is 0.101 e. The van der Waals surface area contributed by atoms with Crippen molar-refractivity contribution in [2.24, 2.45) is 0 Å². The number of unbranched alkanes of at least 4 members (excludes halogenated alkanes) is 41. The summed E-state index contributed by atoms with van der Waals surface area (Å²) in [5.41, 5.74) is 0. The van der Waals surface area contributed by atoms with Crippen LogP contribution in [0.3, 0.4) is 0 Å². The van der Waals surface area contributed by atoms with Crippen LogP contribution in [0.2, 0.25) is 0 Å². The molecule has 0 aliphatic carbocycles. The Labute approximate surface area is 350 Å². The molecule has 0 bridgehead atoms. The molecular formula is C53H106N2. The summed E-state index contributed by atoms with van der Waals surface area (Å²) < 4.78 is 0. The average molecular weight is 771 g/mol. The summed E-state index contributed by atoms with van der Waals surface area (Å²) >= 11 is 0. The van der Waals surface area contributed by atoms with Gasteiger partial charge in [-0.3, -0.25) is 0 Å². The molecule has 2 heteroatoms. The van der Waals surface area contributed by atoms with Crippen molar-refractivity contribution in [2.45, 2.75) is 316 Å². The van der Waals surface area contributed by atoms with Crippen LogP contribution in [0.15, 0.2) is 12.4 Å². The molecule has 1 aliphatic rings. The second-order valence-corrected chi connectivity index (χ2v) is 18.5. The van der Waals surface area contributed by atoms with Gasteiger partial charge >= 0.3 is 0 Å². The zero-order chi connectivity index (χ0) is 39.4. The molecule has 0 unspecified atom stereocenters. The molecule has 55 heavy (non-hydrogen) atoms. The highest BCUT2D eigenvalue weighted by molar-refractivity contribution is 4.97. The molecule has 0 atom stereocenters. The summed E-state index contributed by atoms with van der Waals surface area (Å²) in [6.07, 6.45) is 70.8. The van der Waals surface area contributed by atoms with E-state index in [0.717, 1.165) is 0 Å². The highest BCUT2D eigenvalue weighted by atomic mass is 15.4. The molecule has 2 nitrogen and oxygen atoms in total. The number of hydrogen-bond donors (Lipinski definition) is 0. The van der Waals surface area contributed by atoms with E-state index < -0.39 is 0 Å². The molecule has 0 amide bonds. The van der Waals surface area contributed by atoms with Crippen molar-refractivity contribution >= 4 is 0 Å². The van der Waals surface area contributed by atoms with E-state index in [0.29, 0.717) is 6.17 Å². The third kappa shape index (κ3) is 36.2. The Kier molecular flexibility index (Phi) is 42.3. The summed E-state index contributed by atoms with van der Waals surface area (Å²) in [6.45, 7) is 9.50. The predicted molar refractivity (Wildman–Crippen MR) is 251 cm³/mol. The van der Waals surface area contributed by atoms with E-state index in [2.05, 4.69) is 43.0 Å². The van der Waals surface area contributed by atoms with Crippen LogP contribution in [0.4, 0.5) is 0 Å². The van der Waals surface area contributed by atoms with Gasteiger partial charge in [-0.25, -0.2) is 0 Å². The largest absolute Gasteiger partial charge is 0.356 e. The summed E-state index contributed by atoms with van der Waals surface area (Å²) in [6, 6.07) is 0. The van der Waals surface area contributed by atoms with Crippen LogP contribution in [0.5, 0.6) is 0 Å². The molecule has 0 fully saturated rings. The van der Waals surface area contributed by atoms with E-state index in [-0.39, 0.29) is 0 Å². The van der Waals surface area contributed by atoms with Crippen LogP contribution in [0.1, 0.15) is 310 Å². The highest BCUT2D eigenvalue weighted by Crippen LogP contribution is 2.24. The zero-order valence-corrected chi connectivity index (χ0v) is 38.9. The van der Waals surface area contributed by atoms with Crippen molar-refractivity contribution in [3.8, 4) is 0 Å². The van der Waals surface area contributed by atoms with E-state index in [4.69, 9.17) is 0 Å². The first-order valence-electron chi connectivity index (χ1n) is 26.5. The van der Waals surface area contributed by atoms with E-state index in [9.17, 15) is 0 Å². The standard InChI is InChI=1S/C53H106N2/c1-4-7-10-13-16-19-22-25-28-29-30-33-36-39-42-45-48-53-54(49-46-43-40-37-34-31-26-23-20-17-14-11-8-5-2)51-52-55(53)50-47-44-41-38-35-32-27-24-21-18-15-12-9-6-3/h51-53H,4-50H2,1-3H3. The third-order valence-electron chi connectivity index (χ3n) is 13.1. The first-order chi connectivity index (χ1) is 27.3. The topological polar surface area (TPSA) is 6.48 Å². The summed E-state index contributed by atoms with van der Waals surface area (Å²) in [5.74, 6) is 0. The Morgan fingerprint density at radius 2 is 0.418 bits per heavy atom. The van der Waals surface area contributed by atoms with Gasteiger partial charge in [-0.1, -0.05) is 284 Å². The Morgan fingerprint density at radius 1 is 0.236 bits per heavy atom. The van der Waals surface area contributed by atoms with Gasteiger partial charge in [0.15, 0.2) is 0 Å². The third-order valence-corrected chi connectivity index (χ3v) is 13.1. The summed E-state index contributed by atoms with van der Waals surface area (Å²) in [5, 5.41) is 0. The molecular weight excluding hydrogens is 665 g/mol. The van der Waals surface area contributed by atoms with Gasteiger partial charge in [0.2, 0.25) is 0 Å². The lowest BCUT2D eigenvalue weighted by atomic mass is 10.0. The maximum absolute atomic E-state index is 2.75. The van der Waals surface area contributed by atoms with Crippen molar-refractivity contribution in [3.05, 3.63) is 12.4 Å². The van der Waals surface area contributed by atoms with Gasteiger partial charge in [0.1, 0.15) is 6.17 Å². The molecule has 328 valence electrons. The van der Waals surface area contributed by atoms with E-state index in [1.165, 1.54) is 302 Å². The first-order valence-corrected chi connectivity index (χ1v) is 26.5. The van der Waals surface area contributed by atoms with Crippen molar-refractivity contribution in [2.75, 3.05) is 13.1 Å². The maximum Gasteiger partial charge on any atom is 0.101 e. The van der Waals surface area contributed by atoms with Gasteiger partial charge in [0.05, 0.1) is 0 Å². The van der Waals surface area contributed by atoms with E-state index >= 15 is 0 Å². The van der Waals surface area contributed by atoms with E-state index in [1.807, 2.05) is 0 Å². The number of hydrogen-bond acceptors (Lipinski definition) is 2. The van der Waals surface area contributed by atoms with Gasteiger partial charge in [-0.15, -0.1) is 0 Å². The highest BCUT2D eigenvalue weighted by Gasteiger charge is 2.25. The maximum atomic E-state index is 2.75. The second kappa shape index (κ2) is 44.4. The van der Waals surface area contributed by atoms with Crippen LogP contribution < -0.4 is 0 Å². The molecule has 0 saturated heterocycles. The molecule has 0 N–H and O–H groups in total. The number of rotatable bonds is 47. The second-order valence-electron chi connectivity index (χ2n) is 18.5. The van der Waals surface area contributed by atoms with Crippen LogP contribution in [-0.4, -0.2) is 29.1 Å². The van der Waals surface area contributed by atoms with Crippen LogP contribution in [0, 0.1) is 0 Å². The Bertz CT molecular complexity index is 690. The zero-order valence-electron chi connectivity index (χ0n) is 38.9. The Balaban J connectivity index is 2.20. The van der Waals surface area contributed by atoms with Crippen molar-refractivity contribution in [3.63, 3.8) is 0 Å². The van der Waals surface area contributed by atoms with Crippen LogP contribution in [0.25, 0.3) is 0 Å². The van der Waals surface area contributed by atoms with Gasteiger partial charge < -0.3 is 9.80 Å². The van der Waals surface area contributed by atoms with Crippen molar-refractivity contribution in [1.29, 1.82) is 0 Å². The SMILES string of the molecule is CCCCCCCCCCCCCCCCCCC1N(CCCCCCCCCCCCCCCC)C=CN1CCCCCCCCCCCCCCCC. The molecule has 0 radical (unpaired) electrons. The molecule has 0 saturated carbocycles. The minimum atomic E-state index is 0.635. The lowest BCUT2D eigenvalue weighted by Gasteiger charge is -2.33. The van der Waals surface area contributed by atoms with Gasteiger partial charge in [0, 0.05) is 25.5 Å². The lowest BCUT2D eigenvalue weighted by molar-refractivity contribution is 0.135. The predicted octanol–water partition coefficient (Wildman–Crippen LogP) is 19.0. The lowest BCUT2D eigenvalue weighted by Crippen LogP contribution is -2.39. The first kappa shape index (κ1) is 52.4. The fourth-order valence-corrected chi connectivity index (χ4v) is 9.19. The fourth-order valence-electron chi connectivity index (χ4n) is 9.19. The molecule has 1 rings (SSSR count).